The van der Waals surface area contributed by atoms with Gasteiger partial charge in [0.05, 0.1) is 19.7 Å². The quantitative estimate of drug-likeness (QED) is 0.660. The lowest BCUT2D eigenvalue weighted by Gasteiger charge is -2.17. The van der Waals surface area contributed by atoms with Crippen molar-refractivity contribution in [3.8, 4) is 22.6 Å². The van der Waals surface area contributed by atoms with Crippen molar-refractivity contribution in [2.75, 3.05) is 14.2 Å². The third kappa shape index (κ3) is 2.70. The van der Waals surface area contributed by atoms with Gasteiger partial charge < -0.3 is 9.47 Å². The van der Waals surface area contributed by atoms with Crippen molar-refractivity contribution in [1.29, 1.82) is 0 Å². The van der Waals surface area contributed by atoms with Gasteiger partial charge in [-0.15, -0.1) is 0 Å². The van der Waals surface area contributed by atoms with Gasteiger partial charge in [0.25, 0.3) is 0 Å². The van der Waals surface area contributed by atoms with E-state index in [2.05, 4.69) is 16.0 Å². The molecule has 0 saturated carbocycles. The Labute approximate surface area is 140 Å². The summed E-state index contributed by atoms with van der Waals surface area (Å²) in [7, 11) is 3.33. The molecule has 1 aromatic heterocycles. The molecule has 0 saturated heterocycles. The smallest absolute Gasteiger partial charge is 0.222 e. The molecule has 3 rings (SSSR count). The third-order valence-electron chi connectivity index (χ3n) is 4.03. The predicted molar refractivity (Wildman–Crippen MR) is 92.6 cm³/mol. The van der Waals surface area contributed by atoms with Gasteiger partial charge in [0.15, 0.2) is 0 Å². The van der Waals surface area contributed by atoms with Crippen LogP contribution in [-0.2, 0) is 0 Å². The number of hydrogen-bond donors (Lipinski definition) is 0. The average molecular weight is 329 g/mol. The summed E-state index contributed by atoms with van der Waals surface area (Å²) < 4.78 is 11.0. The molecule has 0 aliphatic rings. The van der Waals surface area contributed by atoms with E-state index >= 15 is 0 Å². The molecule has 0 atom stereocenters. The second-order valence-electron chi connectivity index (χ2n) is 5.32. The average Bonchev–Trinajstić information content (AvgIpc) is 2.55. The van der Waals surface area contributed by atoms with E-state index < -0.39 is 0 Å². The molecule has 0 aliphatic carbocycles. The van der Waals surface area contributed by atoms with Crippen molar-refractivity contribution < 1.29 is 9.47 Å². The van der Waals surface area contributed by atoms with Crippen molar-refractivity contribution in [3.63, 3.8) is 0 Å². The van der Waals surface area contributed by atoms with Gasteiger partial charge in [-0.3, -0.25) is 0 Å². The Kier molecular flexibility index (Phi) is 4.09. The van der Waals surface area contributed by atoms with Crippen LogP contribution in [0.3, 0.4) is 0 Å². The van der Waals surface area contributed by atoms with Gasteiger partial charge in [-0.05, 0) is 59.8 Å². The number of aromatic nitrogens is 2. The second kappa shape index (κ2) is 6.05. The number of rotatable bonds is 3. The summed E-state index contributed by atoms with van der Waals surface area (Å²) in [5.41, 5.74) is 5.12. The Morgan fingerprint density at radius 2 is 1.61 bits per heavy atom. The molecule has 0 radical (unpaired) electrons. The number of hydrogen-bond acceptors (Lipinski definition) is 4. The largest absolute Gasteiger partial charge is 0.496 e. The van der Waals surface area contributed by atoms with Gasteiger partial charge in [0.2, 0.25) is 5.28 Å². The van der Waals surface area contributed by atoms with E-state index in [9.17, 15) is 0 Å². The highest BCUT2D eigenvalue weighted by Crippen LogP contribution is 2.39. The van der Waals surface area contributed by atoms with Crippen LogP contribution in [0.4, 0.5) is 0 Å². The lowest BCUT2D eigenvalue weighted by atomic mass is 9.93. The second-order valence-corrected chi connectivity index (χ2v) is 5.66. The molecular formula is C18H17ClN2O2. The molecule has 0 unspecified atom stereocenters. The monoisotopic (exact) mass is 328 g/mol. The molecule has 4 nitrogen and oxygen atoms in total. The van der Waals surface area contributed by atoms with E-state index in [-0.39, 0.29) is 5.28 Å². The summed E-state index contributed by atoms with van der Waals surface area (Å²) >= 11 is 5.85. The number of fused-ring (bicyclic) bond motifs is 1. The summed E-state index contributed by atoms with van der Waals surface area (Å²) in [5, 5.41) is 1.19. The Hall–Kier alpha value is -2.33. The summed E-state index contributed by atoms with van der Waals surface area (Å²) in [6.07, 6.45) is 1.73. The number of methoxy groups -OCH3 is 2. The highest BCUT2D eigenvalue weighted by atomic mass is 35.5. The Balaban J connectivity index is 2.27. The summed E-state index contributed by atoms with van der Waals surface area (Å²) in [6, 6.07) is 7.95. The Morgan fingerprint density at radius 3 is 2.22 bits per heavy atom. The molecule has 0 fully saturated rings. The normalized spacial score (nSPS) is 10.8. The van der Waals surface area contributed by atoms with Gasteiger partial charge in [0.1, 0.15) is 11.5 Å². The van der Waals surface area contributed by atoms with Gasteiger partial charge in [-0.25, -0.2) is 9.97 Å². The molecule has 0 bridgehead atoms. The van der Waals surface area contributed by atoms with E-state index in [0.717, 1.165) is 44.7 Å². The van der Waals surface area contributed by atoms with Crippen LogP contribution in [0.25, 0.3) is 22.0 Å². The minimum atomic E-state index is 0.251. The van der Waals surface area contributed by atoms with Crippen molar-refractivity contribution in [2.24, 2.45) is 0 Å². The molecule has 3 aromatic rings. The van der Waals surface area contributed by atoms with Crippen LogP contribution < -0.4 is 9.47 Å². The highest BCUT2D eigenvalue weighted by molar-refractivity contribution is 6.28. The first kappa shape index (κ1) is 15.6. The van der Waals surface area contributed by atoms with Gasteiger partial charge >= 0.3 is 0 Å². The maximum Gasteiger partial charge on any atom is 0.222 e. The van der Waals surface area contributed by atoms with Crippen LogP contribution in [0, 0.1) is 13.8 Å². The van der Waals surface area contributed by atoms with E-state index in [4.69, 9.17) is 21.1 Å². The first-order chi connectivity index (χ1) is 11.0. The standard InChI is InChI=1S/C18H17ClN2O2/c1-10-15(22-3)8-16(23-4)11(2)17(10)12-5-6-14-13(7-12)9-20-18(19)21-14/h5-9H,1-4H3. The van der Waals surface area contributed by atoms with Crippen molar-refractivity contribution in [1.82, 2.24) is 9.97 Å². The number of ether oxygens (including phenoxy) is 2. The van der Waals surface area contributed by atoms with Gasteiger partial charge in [0, 0.05) is 17.6 Å². The van der Waals surface area contributed by atoms with Gasteiger partial charge in [-0.1, -0.05) is 6.07 Å². The molecule has 0 amide bonds. The SMILES string of the molecule is COc1cc(OC)c(C)c(-c2ccc3nc(Cl)ncc3c2)c1C. The molecule has 0 N–H and O–H groups in total. The fourth-order valence-electron chi connectivity index (χ4n) is 2.89. The number of nitrogens with zero attached hydrogens (tertiary/aromatic N) is 2. The molecule has 5 heteroatoms. The first-order valence-corrected chi connectivity index (χ1v) is 7.57. The maximum absolute atomic E-state index is 5.85. The van der Waals surface area contributed by atoms with Gasteiger partial charge in [-0.2, -0.15) is 0 Å². The van der Waals surface area contributed by atoms with Crippen LogP contribution in [0.1, 0.15) is 11.1 Å². The zero-order valence-electron chi connectivity index (χ0n) is 13.5. The zero-order chi connectivity index (χ0) is 16.6. The van der Waals surface area contributed by atoms with E-state index in [1.165, 1.54) is 0 Å². The third-order valence-corrected chi connectivity index (χ3v) is 4.21. The molecule has 0 spiro atoms. The summed E-state index contributed by atoms with van der Waals surface area (Å²) in [4.78, 5) is 8.29. The van der Waals surface area contributed by atoms with Crippen LogP contribution in [0.2, 0.25) is 5.28 Å². The van der Waals surface area contributed by atoms with Crippen LogP contribution in [0.15, 0.2) is 30.5 Å². The van der Waals surface area contributed by atoms with E-state index in [1.807, 2.05) is 32.0 Å². The lowest BCUT2D eigenvalue weighted by molar-refractivity contribution is 0.391. The van der Waals surface area contributed by atoms with E-state index in [0.29, 0.717) is 0 Å². The Morgan fingerprint density at radius 1 is 0.957 bits per heavy atom. The molecular weight excluding hydrogens is 312 g/mol. The highest BCUT2D eigenvalue weighted by Gasteiger charge is 2.16. The van der Waals surface area contributed by atoms with Crippen LogP contribution in [-0.4, -0.2) is 24.2 Å². The minimum Gasteiger partial charge on any atom is -0.496 e. The predicted octanol–water partition coefficient (Wildman–Crippen LogP) is 4.58. The number of halogens is 1. The molecule has 1 heterocycles. The summed E-state index contributed by atoms with van der Waals surface area (Å²) in [6.45, 7) is 4.09. The maximum atomic E-state index is 5.85. The Bertz CT molecular complexity index is 866. The fraction of sp³-hybridized carbons (Fsp3) is 0.222. The van der Waals surface area contributed by atoms with Crippen molar-refractivity contribution in [2.45, 2.75) is 13.8 Å². The summed E-state index contributed by atoms with van der Waals surface area (Å²) in [5.74, 6) is 1.60. The van der Waals surface area contributed by atoms with Crippen molar-refractivity contribution in [3.05, 3.63) is 46.9 Å². The molecule has 0 aliphatic heterocycles. The first-order valence-electron chi connectivity index (χ1n) is 7.20. The minimum absolute atomic E-state index is 0.251. The molecule has 118 valence electrons. The fourth-order valence-corrected chi connectivity index (χ4v) is 3.03. The van der Waals surface area contributed by atoms with Crippen LogP contribution >= 0.6 is 11.6 Å². The van der Waals surface area contributed by atoms with E-state index in [1.54, 1.807) is 20.4 Å². The van der Waals surface area contributed by atoms with Crippen molar-refractivity contribution >= 4 is 22.5 Å². The van der Waals surface area contributed by atoms with Crippen LogP contribution in [0.5, 0.6) is 11.5 Å². The molecule has 23 heavy (non-hydrogen) atoms. The topological polar surface area (TPSA) is 44.2 Å². The number of benzene rings is 2. The molecule has 2 aromatic carbocycles. The zero-order valence-corrected chi connectivity index (χ0v) is 14.2. The lowest BCUT2D eigenvalue weighted by Crippen LogP contribution is -1.97.